The molecule has 17 heavy (non-hydrogen) atoms. The molecule has 2 aliphatic rings. The molecule has 0 radical (unpaired) electrons. The summed E-state index contributed by atoms with van der Waals surface area (Å²) in [6, 6.07) is 0. The van der Waals surface area contributed by atoms with E-state index in [9.17, 15) is 5.11 Å². The molecular formula is C14H27NO2. The molecule has 0 unspecified atom stereocenters. The zero-order valence-electron chi connectivity index (χ0n) is 10.9. The smallest absolute Gasteiger partial charge is 0.0615 e. The van der Waals surface area contributed by atoms with Crippen LogP contribution in [0.2, 0.25) is 0 Å². The van der Waals surface area contributed by atoms with E-state index in [4.69, 9.17) is 4.74 Å². The standard InChI is InChI=1S/C14H27NO2/c16-12-14(7-10-17-11-8-14)15-9-6-13-4-2-1-3-5-13/h13,15-16H,1-12H2. The first-order valence-electron chi connectivity index (χ1n) is 7.28. The highest BCUT2D eigenvalue weighted by molar-refractivity contribution is 4.89. The Morgan fingerprint density at radius 3 is 2.47 bits per heavy atom. The molecular weight excluding hydrogens is 214 g/mol. The van der Waals surface area contributed by atoms with Crippen molar-refractivity contribution in [3.05, 3.63) is 0 Å². The monoisotopic (exact) mass is 241 g/mol. The molecule has 1 saturated heterocycles. The maximum absolute atomic E-state index is 9.56. The number of nitrogens with one attached hydrogen (secondary N) is 1. The highest BCUT2D eigenvalue weighted by Crippen LogP contribution is 2.26. The van der Waals surface area contributed by atoms with E-state index in [1.165, 1.54) is 38.5 Å². The van der Waals surface area contributed by atoms with Crippen molar-refractivity contribution in [2.45, 2.75) is 56.9 Å². The molecule has 1 heterocycles. The molecule has 3 nitrogen and oxygen atoms in total. The maximum Gasteiger partial charge on any atom is 0.0615 e. The Kier molecular flexibility index (Phi) is 5.26. The predicted octanol–water partition coefficient (Wildman–Crippen LogP) is 2.09. The van der Waals surface area contributed by atoms with Crippen LogP contribution in [0.4, 0.5) is 0 Å². The van der Waals surface area contributed by atoms with E-state index in [2.05, 4.69) is 5.32 Å². The Balaban J connectivity index is 1.68. The van der Waals surface area contributed by atoms with Crippen LogP contribution in [0.3, 0.4) is 0 Å². The number of hydrogen-bond acceptors (Lipinski definition) is 3. The largest absolute Gasteiger partial charge is 0.394 e. The second-order valence-electron chi connectivity index (χ2n) is 5.77. The van der Waals surface area contributed by atoms with Gasteiger partial charge in [0, 0.05) is 18.8 Å². The van der Waals surface area contributed by atoms with Crippen LogP contribution in [-0.4, -0.2) is 37.0 Å². The summed E-state index contributed by atoms with van der Waals surface area (Å²) in [6.45, 7) is 2.89. The van der Waals surface area contributed by atoms with Gasteiger partial charge in [-0.1, -0.05) is 32.1 Å². The van der Waals surface area contributed by atoms with Crippen molar-refractivity contribution in [2.24, 2.45) is 5.92 Å². The number of aliphatic hydroxyl groups is 1. The van der Waals surface area contributed by atoms with Crippen molar-refractivity contribution in [3.63, 3.8) is 0 Å². The lowest BCUT2D eigenvalue weighted by Gasteiger charge is -2.37. The topological polar surface area (TPSA) is 41.5 Å². The van der Waals surface area contributed by atoms with Crippen LogP contribution in [0, 0.1) is 5.92 Å². The molecule has 0 aromatic heterocycles. The van der Waals surface area contributed by atoms with Gasteiger partial charge in [0.2, 0.25) is 0 Å². The Labute approximate surface area is 105 Å². The third-order valence-electron chi connectivity index (χ3n) is 4.53. The van der Waals surface area contributed by atoms with Crippen molar-refractivity contribution < 1.29 is 9.84 Å². The highest BCUT2D eigenvalue weighted by Gasteiger charge is 2.31. The number of ether oxygens (including phenoxy) is 1. The Morgan fingerprint density at radius 1 is 1.12 bits per heavy atom. The molecule has 0 aromatic rings. The molecule has 1 saturated carbocycles. The molecule has 100 valence electrons. The van der Waals surface area contributed by atoms with Crippen LogP contribution in [0.5, 0.6) is 0 Å². The Bertz CT molecular complexity index is 208. The highest BCUT2D eigenvalue weighted by atomic mass is 16.5. The van der Waals surface area contributed by atoms with Crippen molar-refractivity contribution >= 4 is 0 Å². The van der Waals surface area contributed by atoms with E-state index in [0.29, 0.717) is 0 Å². The molecule has 3 heteroatoms. The maximum atomic E-state index is 9.56. The minimum atomic E-state index is -0.0487. The third-order valence-corrected chi connectivity index (χ3v) is 4.53. The lowest BCUT2D eigenvalue weighted by atomic mass is 9.86. The molecule has 0 atom stereocenters. The van der Waals surface area contributed by atoms with Gasteiger partial charge in [-0.15, -0.1) is 0 Å². The van der Waals surface area contributed by atoms with Gasteiger partial charge in [0.15, 0.2) is 0 Å². The van der Waals surface area contributed by atoms with Crippen LogP contribution in [0.15, 0.2) is 0 Å². The summed E-state index contributed by atoms with van der Waals surface area (Å²) in [5.41, 5.74) is -0.0487. The molecule has 2 N–H and O–H groups in total. The fourth-order valence-corrected chi connectivity index (χ4v) is 3.17. The summed E-state index contributed by atoms with van der Waals surface area (Å²) in [6.07, 6.45) is 10.3. The lowest BCUT2D eigenvalue weighted by molar-refractivity contribution is 0.0114. The minimum Gasteiger partial charge on any atom is -0.394 e. The van der Waals surface area contributed by atoms with E-state index in [-0.39, 0.29) is 12.1 Å². The summed E-state index contributed by atoms with van der Waals surface area (Å²) in [5, 5.41) is 13.2. The quantitative estimate of drug-likeness (QED) is 0.774. The van der Waals surface area contributed by atoms with Gasteiger partial charge in [-0.2, -0.15) is 0 Å². The van der Waals surface area contributed by atoms with Crippen LogP contribution < -0.4 is 5.32 Å². The molecule has 0 spiro atoms. The first kappa shape index (κ1) is 13.3. The zero-order chi connectivity index (χ0) is 12.0. The van der Waals surface area contributed by atoms with Gasteiger partial charge in [0.1, 0.15) is 0 Å². The zero-order valence-corrected chi connectivity index (χ0v) is 10.9. The summed E-state index contributed by atoms with van der Waals surface area (Å²) in [7, 11) is 0. The fourth-order valence-electron chi connectivity index (χ4n) is 3.17. The normalized spacial score (nSPS) is 25.9. The molecule has 0 amide bonds. The first-order chi connectivity index (χ1) is 8.35. The van der Waals surface area contributed by atoms with E-state index in [1.807, 2.05) is 0 Å². The second-order valence-corrected chi connectivity index (χ2v) is 5.77. The molecule has 1 aliphatic carbocycles. The van der Waals surface area contributed by atoms with Gasteiger partial charge >= 0.3 is 0 Å². The fraction of sp³-hybridized carbons (Fsp3) is 1.00. The average Bonchev–Trinajstić information content (AvgIpc) is 2.41. The van der Waals surface area contributed by atoms with E-state index >= 15 is 0 Å². The Hall–Kier alpha value is -0.120. The van der Waals surface area contributed by atoms with Crippen molar-refractivity contribution in [1.82, 2.24) is 5.32 Å². The molecule has 0 aromatic carbocycles. The van der Waals surface area contributed by atoms with Gasteiger partial charge in [-0.3, -0.25) is 0 Å². The molecule has 1 aliphatic heterocycles. The molecule has 2 fully saturated rings. The minimum absolute atomic E-state index is 0.0487. The second kappa shape index (κ2) is 6.72. The van der Waals surface area contributed by atoms with Crippen molar-refractivity contribution in [2.75, 3.05) is 26.4 Å². The number of hydrogen-bond donors (Lipinski definition) is 2. The average molecular weight is 241 g/mol. The summed E-state index contributed by atoms with van der Waals surface area (Å²) in [4.78, 5) is 0. The summed E-state index contributed by atoms with van der Waals surface area (Å²) in [5.74, 6) is 0.923. The summed E-state index contributed by atoms with van der Waals surface area (Å²) >= 11 is 0. The molecule has 0 bridgehead atoms. The van der Waals surface area contributed by atoms with Crippen molar-refractivity contribution in [1.29, 1.82) is 0 Å². The van der Waals surface area contributed by atoms with Crippen LogP contribution in [-0.2, 0) is 4.74 Å². The van der Waals surface area contributed by atoms with Gasteiger partial charge in [-0.25, -0.2) is 0 Å². The SMILES string of the molecule is OCC1(NCCC2CCCCC2)CCOCC1. The van der Waals surface area contributed by atoms with Crippen LogP contribution in [0.1, 0.15) is 51.4 Å². The van der Waals surface area contributed by atoms with Gasteiger partial charge in [-0.05, 0) is 31.7 Å². The van der Waals surface area contributed by atoms with Crippen LogP contribution in [0.25, 0.3) is 0 Å². The first-order valence-corrected chi connectivity index (χ1v) is 7.28. The lowest BCUT2D eigenvalue weighted by Crippen LogP contribution is -2.52. The number of rotatable bonds is 5. The Morgan fingerprint density at radius 2 is 1.82 bits per heavy atom. The van der Waals surface area contributed by atoms with E-state index in [0.717, 1.165) is 38.5 Å². The van der Waals surface area contributed by atoms with E-state index in [1.54, 1.807) is 0 Å². The summed E-state index contributed by atoms with van der Waals surface area (Å²) < 4.78 is 5.37. The van der Waals surface area contributed by atoms with Gasteiger partial charge in [0.25, 0.3) is 0 Å². The third kappa shape index (κ3) is 3.94. The van der Waals surface area contributed by atoms with Gasteiger partial charge < -0.3 is 15.2 Å². The van der Waals surface area contributed by atoms with Crippen LogP contribution >= 0.6 is 0 Å². The molecule has 2 rings (SSSR count). The number of aliphatic hydroxyl groups excluding tert-OH is 1. The van der Waals surface area contributed by atoms with Crippen molar-refractivity contribution in [3.8, 4) is 0 Å². The predicted molar refractivity (Wildman–Crippen MR) is 69.1 cm³/mol. The van der Waals surface area contributed by atoms with E-state index < -0.39 is 0 Å². The van der Waals surface area contributed by atoms with Gasteiger partial charge in [0.05, 0.1) is 6.61 Å².